The zero-order chi connectivity index (χ0) is 22.0. The van der Waals surface area contributed by atoms with E-state index in [4.69, 9.17) is 9.40 Å². The van der Waals surface area contributed by atoms with E-state index >= 15 is 0 Å². The van der Waals surface area contributed by atoms with Crippen LogP contribution in [0.3, 0.4) is 0 Å². The highest BCUT2D eigenvalue weighted by Crippen LogP contribution is 2.36. The summed E-state index contributed by atoms with van der Waals surface area (Å²) in [6, 6.07) is 18.9. The van der Waals surface area contributed by atoms with Crippen LogP contribution in [0.4, 0.5) is 0 Å². The zero-order valence-electron chi connectivity index (χ0n) is 18.8. The highest BCUT2D eigenvalue weighted by atomic mass is 16.3. The van der Waals surface area contributed by atoms with E-state index in [1.165, 1.54) is 5.56 Å². The van der Waals surface area contributed by atoms with Gasteiger partial charge in [-0.1, -0.05) is 62.4 Å². The van der Waals surface area contributed by atoms with Gasteiger partial charge in [0.2, 0.25) is 5.71 Å². The third-order valence-corrected chi connectivity index (χ3v) is 5.60. The number of aryl methyl sites for hydroxylation is 1. The molecule has 0 bridgehead atoms. The summed E-state index contributed by atoms with van der Waals surface area (Å²) >= 11 is 0. The summed E-state index contributed by atoms with van der Waals surface area (Å²) in [7, 11) is 1.79. The maximum Gasteiger partial charge on any atom is 0.227 e. The number of furan rings is 1. The highest BCUT2D eigenvalue weighted by Gasteiger charge is 2.16. The Morgan fingerprint density at radius 1 is 1.00 bits per heavy atom. The van der Waals surface area contributed by atoms with Gasteiger partial charge in [0.15, 0.2) is 0 Å². The largest absolute Gasteiger partial charge is 0.437 e. The van der Waals surface area contributed by atoms with Crippen LogP contribution in [0.1, 0.15) is 49.1 Å². The smallest absolute Gasteiger partial charge is 0.227 e. The number of allylic oxidation sites excluding steroid dienone is 4. The van der Waals surface area contributed by atoms with Gasteiger partial charge in [0, 0.05) is 35.3 Å². The summed E-state index contributed by atoms with van der Waals surface area (Å²) in [5.41, 5.74) is 8.36. The Morgan fingerprint density at radius 2 is 1.74 bits per heavy atom. The highest BCUT2D eigenvalue weighted by molar-refractivity contribution is 6.08. The minimum absolute atomic E-state index is 0.360. The van der Waals surface area contributed by atoms with Crippen molar-refractivity contribution in [3.63, 3.8) is 0 Å². The maximum atomic E-state index is 6.35. The molecule has 2 heterocycles. The predicted molar refractivity (Wildman–Crippen MR) is 133 cm³/mol. The van der Waals surface area contributed by atoms with Crippen molar-refractivity contribution in [3.8, 4) is 0 Å². The molecule has 0 amide bonds. The summed E-state index contributed by atoms with van der Waals surface area (Å²) < 4.78 is 6.35. The molecule has 31 heavy (non-hydrogen) atoms. The minimum atomic E-state index is 0.360. The second-order valence-corrected chi connectivity index (χ2v) is 8.20. The number of aliphatic imine (C=N–C) groups is 1. The molecule has 0 saturated heterocycles. The van der Waals surface area contributed by atoms with Crippen molar-refractivity contribution in [1.29, 1.82) is 0 Å². The van der Waals surface area contributed by atoms with E-state index in [0.717, 1.165) is 44.3 Å². The Kier molecular flexibility index (Phi) is 5.85. The molecule has 0 atom stereocenters. The van der Waals surface area contributed by atoms with E-state index in [2.05, 4.69) is 87.3 Å². The van der Waals surface area contributed by atoms with Gasteiger partial charge in [-0.2, -0.15) is 0 Å². The number of rotatable bonds is 5. The summed E-state index contributed by atoms with van der Waals surface area (Å²) in [5.74, 6) is 0.360. The van der Waals surface area contributed by atoms with Crippen molar-refractivity contribution < 1.29 is 4.42 Å². The molecule has 4 rings (SSSR count). The number of hydrogen-bond acceptors (Lipinski definition) is 3. The normalized spacial score (nSPS) is 13.2. The van der Waals surface area contributed by atoms with Gasteiger partial charge < -0.3 is 4.42 Å². The van der Waals surface area contributed by atoms with E-state index in [-0.39, 0.29) is 0 Å². The number of fused-ring (bicyclic) bond motifs is 3. The standard InChI is InChI=1S/C28H28N2O/c1-18(2)25-14-13-24-23-12-11-19(3)26(27(23)31-28(24)30-25)20(4)17-22(15-16-29-5)21-9-7-6-8-10-21/h6-18H,1-5H3/b20-17+,22-15+,29-16+. The van der Waals surface area contributed by atoms with Gasteiger partial charge >= 0.3 is 0 Å². The van der Waals surface area contributed by atoms with Gasteiger partial charge in [0.05, 0.1) is 0 Å². The van der Waals surface area contributed by atoms with E-state index < -0.39 is 0 Å². The van der Waals surface area contributed by atoms with Crippen molar-refractivity contribution in [2.45, 2.75) is 33.6 Å². The Balaban J connectivity index is 1.91. The Bertz CT molecular complexity index is 1320. The molecule has 0 aliphatic carbocycles. The van der Waals surface area contributed by atoms with Crippen LogP contribution in [0.15, 0.2) is 76.2 Å². The van der Waals surface area contributed by atoms with Crippen LogP contribution in [0, 0.1) is 6.92 Å². The first kappa shape index (κ1) is 20.8. The molecular weight excluding hydrogens is 380 g/mol. The lowest BCUT2D eigenvalue weighted by Gasteiger charge is -2.09. The molecule has 0 N–H and O–H groups in total. The maximum absolute atomic E-state index is 6.35. The third kappa shape index (κ3) is 4.09. The lowest BCUT2D eigenvalue weighted by molar-refractivity contribution is 0.646. The molecule has 2 aromatic heterocycles. The van der Waals surface area contributed by atoms with Crippen LogP contribution in [-0.2, 0) is 0 Å². The van der Waals surface area contributed by atoms with Gasteiger partial charge in [0.25, 0.3) is 0 Å². The summed E-state index contributed by atoms with van der Waals surface area (Å²) in [6.45, 7) is 8.57. The summed E-state index contributed by atoms with van der Waals surface area (Å²) in [6.07, 6.45) is 6.08. The quantitative estimate of drug-likeness (QED) is 0.252. The Labute approximate surface area is 183 Å². The lowest BCUT2D eigenvalue weighted by atomic mass is 9.95. The second-order valence-electron chi connectivity index (χ2n) is 8.20. The third-order valence-electron chi connectivity index (χ3n) is 5.60. The molecule has 4 aromatic rings. The molecule has 0 saturated carbocycles. The summed E-state index contributed by atoms with van der Waals surface area (Å²) in [5, 5.41) is 2.16. The van der Waals surface area contributed by atoms with Gasteiger partial charge in [-0.05, 0) is 60.2 Å². The molecule has 3 nitrogen and oxygen atoms in total. The Morgan fingerprint density at radius 3 is 2.45 bits per heavy atom. The van der Waals surface area contributed by atoms with Crippen LogP contribution in [-0.4, -0.2) is 18.2 Å². The first-order valence-corrected chi connectivity index (χ1v) is 10.7. The summed E-state index contributed by atoms with van der Waals surface area (Å²) in [4.78, 5) is 8.92. The lowest BCUT2D eigenvalue weighted by Crippen LogP contribution is -1.90. The molecule has 156 valence electrons. The fraction of sp³-hybridized carbons (Fsp3) is 0.214. The van der Waals surface area contributed by atoms with Crippen LogP contribution >= 0.6 is 0 Å². The monoisotopic (exact) mass is 408 g/mol. The molecule has 0 aliphatic rings. The molecular formula is C28H28N2O. The van der Waals surface area contributed by atoms with E-state index in [0.29, 0.717) is 11.6 Å². The van der Waals surface area contributed by atoms with E-state index in [9.17, 15) is 0 Å². The van der Waals surface area contributed by atoms with Crippen LogP contribution in [0.2, 0.25) is 0 Å². The van der Waals surface area contributed by atoms with Crippen LogP contribution < -0.4 is 0 Å². The van der Waals surface area contributed by atoms with Gasteiger partial charge in [-0.25, -0.2) is 4.98 Å². The van der Waals surface area contributed by atoms with Crippen LogP contribution in [0.25, 0.3) is 33.2 Å². The average Bonchev–Trinajstić information content (AvgIpc) is 3.14. The molecule has 0 radical (unpaired) electrons. The van der Waals surface area contributed by atoms with E-state index in [1.807, 2.05) is 18.4 Å². The Hall–Kier alpha value is -3.46. The SMILES string of the molecule is C/N=C/C=C(\C=C(/C)c1c(C)ccc2c1oc1nc(C(C)C)ccc12)c1ccccc1. The van der Waals surface area contributed by atoms with Gasteiger partial charge in [0.1, 0.15) is 5.58 Å². The van der Waals surface area contributed by atoms with Crippen molar-refractivity contribution in [3.05, 3.63) is 89.1 Å². The molecule has 0 spiro atoms. The molecule has 0 fully saturated rings. The number of nitrogens with zero attached hydrogens (tertiary/aromatic N) is 2. The molecule has 0 unspecified atom stereocenters. The fourth-order valence-electron chi connectivity index (χ4n) is 3.96. The first-order chi connectivity index (χ1) is 15.0. The topological polar surface area (TPSA) is 38.4 Å². The van der Waals surface area contributed by atoms with Crippen molar-refractivity contribution >= 4 is 39.4 Å². The van der Waals surface area contributed by atoms with Gasteiger partial charge in [-0.3, -0.25) is 4.99 Å². The number of hydrogen-bond donors (Lipinski definition) is 0. The average molecular weight is 409 g/mol. The zero-order valence-corrected chi connectivity index (χ0v) is 18.8. The van der Waals surface area contributed by atoms with E-state index in [1.54, 1.807) is 7.05 Å². The number of pyridine rings is 1. The minimum Gasteiger partial charge on any atom is -0.437 e. The van der Waals surface area contributed by atoms with Crippen molar-refractivity contribution in [2.75, 3.05) is 7.05 Å². The molecule has 2 aromatic carbocycles. The molecule has 3 heteroatoms. The number of aromatic nitrogens is 1. The van der Waals surface area contributed by atoms with Crippen LogP contribution in [0.5, 0.6) is 0 Å². The second kappa shape index (κ2) is 8.73. The van der Waals surface area contributed by atoms with Crippen molar-refractivity contribution in [1.82, 2.24) is 4.98 Å². The number of benzene rings is 2. The first-order valence-electron chi connectivity index (χ1n) is 10.7. The van der Waals surface area contributed by atoms with Crippen molar-refractivity contribution in [2.24, 2.45) is 4.99 Å². The van der Waals surface area contributed by atoms with Gasteiger partial charge in [-0.15, -0.1) is 0 Å². The predicted octanol–water partition coefficient (Wildman–Crippen LogP) is 7.60. The molecule has 0 aliphatic heterocycles. The fourth-order valence-corrected chi connectivity index (χ4v) is 3.96.